The Balaban J connectivity index is 4.25. The van der Waals surface area contributed by atoms with Crippen LogP contribution < -0.4 is 16.8 Å². The Kier molecular flexibility index (Phi) is 4.90. The molecule has 0 fully saturated rings. The fraction of sp³-hybridized carbons (Fsp3) is 0.333. The van der Waals surface area contributed by atoms with E-state index in [1.807, 2.05) is 0 Å². The third-order valence-electron chi connectivity index (χ3n) is 1.06. The normalized spacial score (nSPS) is 11.8. The molecule has 0 aliphatic rings. The van der Waals surface area contributed by atoms with E-state index in [1.54, 1.807) is 0 Å². The topological polar surface area (TPSA) is 64.1 Å². The van der Waals surface area contributed by atoms with E-state index >= 15 is 0 Å². The summed E-state index contributed by atoms with van der Waals surface area (Å²) in [6.45, 7) is 3.46. The van der Waals surface area contributed by atoms with Gasteiger partial charge < -0.3 is 16.8 Å². The van der Waals surface area contributed by atoms with Crippen molar-refractivity contribution in [3.05, 3.63) is 23.6 Å². The van der Waals surface area contributed by atoms with Gasteiger partial charge >= 0.3 is 0 Å². The van der Waals surface area contributed by atoms with Crippen LogP contribution in [0.15, 0.2) is 23.6 Å². The summed E-state index contributed by atoms with van der Waals surface area (Å²) in [7, 11) is 0. The molecule has 1 unspecified atom stereocenters. The summed E-state index contributed by atoms with van der Waals surface area (Å²) in [5.74, 6) is 0.370. The van der Waals surface area contributed by atoms with E-state index in [1.165, 1.54) is 6.20 Å². The number of hydrogen-bond acceptors (Lipinski definition) is 3. The van der Waals surface area contributed by atoms with E-state index in [4.69, 9.17) is 34.7 Å². The van der Waals surface area contributed by atoms with Gasteiger partial charge in [-0.25, -0.2) is 0 Å². The van der Waals surface area contributed by atoms with E-state index in [-0.39, 0.29) is 11.9 Å². The highest BCUT2D eigenvalue weighted by Crippen LogP contribution is 2.09. The first-order chi connectivity index (χ1) is 5.13. The molecular weight excluding hydrogens is 185 g/mol. The first-order valence-electron chi connectivity index (χ1n) is 2.97. The molecular formula is C6H11Cl2N3. The van der Waals surface area contributed by atoms with Gasteiger partial charge in [-0.1, -0.05) is 18.2 Å². The van der Waals surface area contributed by atoms with Crippen molar-refractivity contribution in [2.75, 3.05) is 5.88 Å². The van der Waals surface area contributed by atoms with Gasteiger partial charge in [0.25, 0.3) is 0 Å². The molecule has 0 spiro atoms. The van der Waals surface area contributed by atoms with Gasteiger partial charge in [-0.2, -0.15) is 0 Å². The second-order valence-electron chi connectivity index (χ2n) is 1.88. The Morgan fingerprint density at radius 2 is 2.18 bits per heavy atom. The van der Waals surface area contributed by atoms with Gasteiger partial charge in [0, 0.05) is 5.88 Å². The van der Waals surface area contributed by atoms with Crippen LogP contribution in [0.5, 0.6) is 0 Å². The molecule has 64 valence electrons. The van der Waals surface area contributed by atoms with Crippen molar-refractivity contribution < 1.29 is 0 Å². The molecule has 1 atom stereocenters. The summed E-state index contributed by atoms with van der Waals surface area (Å²) >= 11 is 11.2. The van der Waals surface area contributed by atoms with Crippen LogP contribution in [0, 0.1) is 0 Å². The molecule has 5 N–H and O–H groups in total. The number of hydrogen-bond donors (Lipinski definition) is 3. The van der Waals surface area contributed by atoms with E-state index in [0.29, 0.717) is 10.9 Å². The maximum absolute atomic E-state index is 5.70. The molecule has 0 rings (SSSR count). The summed E-state index contributed by atoms with van der Waals surface area (Å²) in [5.41, 5.74) is 10.5. The van der Waals surface area contributed by atoms with Crippen molar-refractivity contribution >= 4 is 23.2 Å². The van der Waals surface area contributed by atoms with Crippen LogP contribution in [-0.2, 0) is 0 Å². The highest BCUT2D eigenvalue weighted by Gasteiger charge is 2.10. The number of halogens is 2. The predicted octanol–water partition coefficient (Wildman–Crippen LogP) is 0.652. The van der Waals surface area contributed by atoms with Crippen molar-refractivity contribution in [1.82, 2.24) is 5.32 Å². The summed E-state index contributed by atoms with van der Waals surface area (Å²) in [6, 6.07) is -0.249. The lowest BCUT2D eigenvalue weighted by atomic mass is 10.3. The lowest BCUT2D eigenvalue weighted by Gasteiger charge is -2.13. The molecule has 0 aromatic rings. The Hall–Kier alpha value is -0.540. The number of nitrogens with one attached hydrogen (secondary N) is 1. The van der Waals surface area contributed by atoms with Gasteiger partial charge in [0.15, 0.2) is 0 Å². The Bertz CT molecular complexity index is 163. The maximum atomic E-state index is 5.70. The molecule has 0 heterocycles. The quantitative estimate of drug-likeness (QED) is 0.578. The van der Waals surface area contributed by atoms with Crippen LogP contribution in [0.4, 0.5) is 0 Å². The highest BCUT2D eigenvalue weighted by molar-refractivity contribution is 6.31. The summed E-state index contributed by atoms with van der Waals surface area (Å²) in [5, 5.41) is 3.11. The number of nitrogens with two attached hydrogens (primary N) is 2. The molecule has 0 amide bonds. The van der Waals surface area contributed by atoms with Crippen molar-refractivity contribution in [2.45, 2.75) is 6.04 Å². The van der Waals surface area contributed by atoms with Crippen LogP contribution in [0.25, 0.3) is 0 Å². The minimum absolute atomic E-state index is 0.0756. The zero-order valence-corrected chi connectivity index (χ0v) is 7.49. The molecule has 0 radical (unpaired) electrons. The molecule has 11 heavy (non-hydrogen) atoms. The van der Waals surface area contributed by atoms with Crippen LogP contribution in [0.3, 0.4) is 0 Å². The summed E-state index contributed by atoms with van der Waals surface area (Å²) in [4.78, 5) is 0. The van der Waals surface area contributed by atoms with Crippen LogP contribution >= 0.6 is 23.2 Å². The van der Waals surface area contributed by atoms with Crippen LogP contribution in [-0.4, -0.2) is 11.9 Å². The molecule has 0 aromatic carbocycles. The second-order valence-corrected chi connectivity index (χ2v) is 2.60. The minimum Gasteiger partial charge on any atom is -0.385 e. The van der Waals surface area contributed by atoms with Crippen molar-refractivity contribution in [3.63, 3.8) is 0 Å². The van der Waals surface area contributed by atoms with Gasteiger partial charge in [-0.15, -0.1) is 11.6 Å². The lowest BCUT2D eigenvalue weighted by molar-refractivity contribution is 0.755. The van der Waals surface area contributed by atoms with Crippen molar-refractivity contribution in [2.24, 2.45) is 11.5 Å². The molecule has 3 nitrogen and oxygen atoms in total. The first-order valence-corrected chi connectivity index (χ1v) is 3.88. The molecule has 0 saturated carbocycles. The maximum Gasteiger partial charge on any atom is 0.110 e. The monoisotopic (exact) mass is 195 g/mol. The van der Waals surface area contributed by atoms with Gasteiger partial charge in [0.2, 0.25) is 0 Å². The Labute approximate surface area is 76.0 Å². The summed E-state index contributed by atoms with van der Waals surface area (Å²) in [6.07, 6.45) is 1.48. The van der Waals surface area contributed by atoms with Gasteiger partial charge in [-0.3, -0.25) is 0 Å². The number of alkyl halides is 1. The van der Waals surface area contributed by atoms with E-state index < -0.39 is 0 Å². The molecule has 0 bridgehead atoms. The first kappa shape index (κ1) is 10.5. The average molecular weight is 196 g/mol. The van der Waals surface area contributed by atoms with E-state index in [9.17, 15) is 0 Å². The van der Waals surface area contributed by atoms with Gasteiger partial charge in [0.05, 0.1) is 11.1 Å². The molecule has 0 saturated heterocycles. The highest BCUT2D eigenvalue weighted by atomic mass is 35.5. The standard InChI is InChI=1S/C6H11Cl2N3/c1-2-11-4(3-7)5(8)6(9)10/h2,4,11H,1,3,9-10H2. The van der Waals surface area contributed by atoms with Gasteiger partial charge in [-0.05, 0) is 6.20 Å². The SMILES string of the molecule is C=CNC(CCl)C(Cl)=C(N)N. The van der Waals surface area contributed by atoms with Crippen LogP contribution in [0.2, 0.25) is 0 Å². The van der Waals surface area contributed by atoms with Crippen LogP contribution in [0.1, 0.15) is 0 Å². The second kappa shape index (κ2) is 5.16. The fourth-order valence-electron chi connectivity index (χ4n) is 0.529. The van der Waals surface area contributed by atoms with E-state index in [2.05, 4.69) is 11.9 Å². The minimum atomic E-state index is -0.249. The van der Waals surface area contributed by atoms with Gasteiger partial charge in [0.1, 0.15) is 5.82 Å². The summed E-state index contributed by atoms with van der Waals surface area (Å²) < 4.78 is 0. The fourth-order valence-corrected chi connectivity index (χ4v) is 0.991. The third-order valence-corrected chi connectivity index (χ3v) is 1.85. The predicted molar refractivity (Wildman–Crippen MR) is 49.1 cm³/mol. The molecule has 0 aromatic heterocycles. The Morgan fingerprint density at radius 3 is 2.45 bits per heavy atom. The Morgan fingerprint density at radius 1 is 1.64 bits per heavy atom. The zero-order valence-electron chi connectivity index (χ0n) is 5.98. The zero-order chi connectivity index (χ0) is 8.85. The van der Waals surface area contributed by atoms with Crippen molar-refractivity contribution in [3.8, 4) is 0 Å². The van der Waals surface area contributed by atoms with E-state index in [0.717, 1.165) is 0 Å². The van der Waals surface area contributed by atoms with Crippen molar-refractivity contribution in [1.29, 1.82) is 0 Å². The molecule has 0 aliphatic carbocycles. The largest absolute Gasteiger partial charge is 0.385 e. The number of rotatable bonds is 4. The molecule has 0 aliphatic heterocycles. The smallest absolute Gasteiger partial charge is 0.110 e. The lowest BCUT2D eigenvalue weighted by Crippen LogP contribution is -2.29. The molecule has 5 heteroatoms. The average Bonchev–Trinajstić information content (AvgIpc) is 1.98. The third kappa shape index (κ3) is 3.39.